The number of fused-ring (bicyclic) bond motifs is 1. The van der Waals surface area contributed by atoms with Gasteiger partial charge in [-0.25, -0.2) is 4.98 Å². The molecule has 0 unspecified atom stereocenters. The molecule has 0 aliphatic rings. The van der Waals surface area contributed by atoms with E-state index in [1.807, 2.05) is 0 Å². The van der Waals surface area contributed by atoms with Crippen LogP contribution in [0.3, 0.4) is 0 Å². The highest BCUT2D eigenvalue weighted by atomic mass is 32.1. The fourth-order valence-corrected chi connectivity index (χ4v) is 2.96. The number of aromatic amines is 1. The van der Waals surface area contributed by atoms with Crippen LogP contribution < -0.4 is 0 Å². The SMILES string of the molecule is CCc1c(C)sc2nc[nH]c(=S)c12. The van der Waals surface area contributed by atoms with Crippen molar-refractivity contribution in [3.8, 4) is 0 Å². The van der Waals surface area contributed by atoms with Crippen molar-refractivity contribution in [2.75, 3.05) is 0 Å². The van der Waals surface area contributed by atoms with E-state index in [9.17, 15) is 0 Å². The monoisotopic (exact) mass is 210 g/mol. The second-order valence-corrected chi connectivity index (χ2v) is 4.51. The Labute approximate surface area is 85.6 Å². The summed E-state index contributed by atoms with van der Waals surface area (Å²) in [5.74, 6) is 0. The molecule has 2 aromatic rings. The molecule has 4 heteroatoms. The minimum Gasteiger partial charge on any atom is -0.337 e. The molecule has 0 spiro atoms. The first-order valence-corrected chi connectivity index (χ1v) is 5.42. The van der Waals surface area contributed by atoms with E-state index in [1.54, 1.807) is 17.7 Å². The van der Waals surface area contributed by atoms with Crippen LogP contribution in [0.25, 0.3) is 10.2 Å². The largest absolute Gasteiger partial charge is 0.337 e. The van der Waals surface area contributed by atoms with Crippen molar-refractivity contribution >= 4 is 33.8 Å². The molecule has 1 N–H and O–H groups in total. The highest BCUT2D eigenvalue weighted by Crippen LogP contribution is 2.29. The summed E-state index contributed by atoms with van der Waals surface area (Å²) in [6.07, 6.45) is 2.69. The van der Waals surface area contributed by atoms with Gasteiger partial charge in [-0.1, -0.05) is 19.1 Å². The van der Waals surface area contributed by atoms with Crippen LogP contribution in [0.4, 0.5) is 0 Å². The van der Waals surface area contributed by atoms with Crippen LogP contribution in [0.1, 0.15) is 17.4 Å². The van der Waals surface area contributed by atoms with E-state index in [0.717, 1.165) is 21.3 Å². The average Bonchev–Trinajstić information content (AvgIpc) is 2.42. The summed E-state index contributed by atoms with van der Waals surface area (Å²) in [5, 5.41) is 1.14. The zero-order valence-electron chi connectivity index (χ0n) is 7.55. The number of nitrogens with one attached hydrogen (secondary N) is 1. The number of rotatable bonds is 1. The van der Waals surface area contributed by atoms with E-state index < -0.39 is 0 Å². The number of thiophene rings is 1. The minimum atomic E-state index is 0.811. The molecule has 68 valence electrons. The molecule has 2 nitrogen and oxygen atoms in total. The highest BCUT2D eigenvalue weighted by molar-refractivity contribution is 7.71. The van der Waals surface area contributed by atoms with Gasteiger partial charge in [0.25, 0.3) is 0 Å². The number of nitrogens with zero attached hydrogens (tertiary/aromatic N) is 1. The van der Waals surface area contributed by atoms with Gasteiger partial charge < -0.3 is 4.98 Å². The van der Waals surface area contributed by atoms with Gasteiger partial charge in [0, 0.05) is 10.3 Å². The Kier molecular flexibility index (Phi) is 2.17. The lowest BCUT2D eigenvalue weighted by molar-refractivity contribution is 1.13. The van der Waals surface area contributed by atoms with Crippen LogP contribution in [0.2, 0.25) is 0 Å². The molecule has 2 heterocycles. The van der Waals surface area contributed by atoms with Gasteiger partial charge in [-0.2, -0.15) is 0 Å². The van der Waals surface area contributed by atoms with Crippen molar-refractivity contribution in [2.45, 2.75) is 20.3 Å². The second-order valence-electron chi connectivity index (χ2n) is 2.90. The standard InChI is InChI=1S/C9H10N2S2/c1-3-6-5(2)13-9-7(6)8(12)10-4-11-9/h4H,3H2,1-2H3,(H,10,11,12). The summed E-state index contributed by atoms with van der Waals surface area (Å²) in [5.41, 5.74) is 1.34. The molecule has 2 rings (SSSR count). The molecular formula is C9H10N2S2. The van der Waals surface area contributed by atoms with Gasteiger partial charge in [0.1, 0.15) is 9.47 Å². The molecule has 13 heavy (non-hydrogen) atoms. The van der Waals surface area contributed by atoms with Crippen LogP contribution >= 0.6 is 23.6 Å². The van der Waals surface area contributed by atoms with Gasteiger partial charge in [0.05, 0.1) is 6.33 Å². The summed E-state index contributed by atoms with van der Waals surface area (Å²) in [4.78, 5) is 9.62. The lowest BCUT2D eigenvalue weighted by Crippen LogP contribution is -1.83. The Hall–Kier alpha value is -0.740. The predicted molar refractivity (Wildman–Crippen MR) is 58.9 cm³/mol. The molecule has 0 saturated carbocycles. The topological polar surface area (TPSA) is 28.7 Å². The summed E-state index contributed by atoms with van der Waals surface area (Å²) < 4.78 is 0.811. The van der Waals surface area contributed by atoms with Crippen LogP contribution in [-0.2, 0) is 6.42 Å². The lowest BCUT2D eigenvalue weighted by atomic mass is 10.1. The van der Waals surface area contributed by atoms with Crippen LogP contribution in [0.5, 0.6) is 0 Å². The number of hydrogen-bond acceptors (Lipinski definition) is 3. The Morgan fingerprint density at radius 1 is 1.62 bits per heavy atom. The molecule has 0 saturated heterocycles. The molecule has 0 bridgehead atoms. The minimum absolute atomic E-state index is 0.811. The lowest BCUT2D eigenvalue weighted by Gasteiger charge is -1.94. The van der Waals surface area contributed by atoms with Gasteiger partial charge in [-0.15, -0.1) is 11.3 Å². The summed E-state index contributed by atoms with van der Waals surface area (Å²) in [6.45, 7) is 4.27. The van der Waals surface area contributed by atoms with Crippen molar-refractivity contribution in [3.63, 3.8) is 0 Å². The molecule has 0 aliphatic heterocycles. The van der Waals surface area contributed by atoms with Crippen molar-refractivity contribution in [1.29, 1.82) is 0 Å². The van der Waals surface area contributed by atoms with Gasteiger partial charge >= 0.3 is 0 Å². The zero-order chi connectivity index (χ0) is 9.42. The Morgan fingerprint density at radius 2 is 2.38 bits per heavy atom. The van der Waals surface area contributed by atoms with E-state index in [-0.39, 0.29) is 0 Å². The number of hydrogen-bond donors (Lipinski definition) is 1. The maximum atomic E-state index is 5.23. The maximum absolute atomic E-state index is 5.23. The van der Waals surface area contributed by atoms with Crippen molar-refractivity contribution in [1.82, 2.24) is 9.97 Å². The second kappa shape index (κ2) is 3.20. The van der Waals surface area contributed by atoms with E-state index in [0.29, 0.717) is 0 Å². The fourth-order valence-electron chi connectivity index (χ4n) is 1.54. The van der Waals surface area contributed by atoms with Crippen molar-refractivity contribution < 1.29 is 0 Å². The molecular weight excluding hydrogens is 200 g/mol. The van der Waals surface area contributed by atoms with Gasteiger partial charge in [-0.3, -0.25) is 0 Å². The predicted octanol–water partition coefficient (Wildman–Crippen LogP) is 3.22. The van der Waals surface area contributed by atoms with E-state index in [1.165, 1.54) is 10.4 Å². The molecule has 2 aromatic heterocycles. The van der Waals surface area contributed by atoms with Gasteiger partial charge in [-0.05, 0) is 18.9 Å². The third kappa shape index (κ3) is 1.30. The highest BCUT2D eigenvalue weighted by Gasteiger charge is 2.08. The first kappa shape index (κ1) is 8.84. The van der Waals surface area contributed by atoms with Crippen LogP contribution in [0.15, 0.2) is 6.33 Å². The van der Waals surface area contributed by atoms with Crippen molar-refractivity contribution in [3.05, 3.63) is 21.4 Å². The van der Waals surface area contributed by atoms with Gasteiger partial charge in [0.15, 0.2) is 0 Å². The number of aromatic nitrogens is 2. The Morgan fingerprint density at radius 3 is 3.08 bits per heavy atom. The molecule has 0 radical (unpaired) electrons. The third-order valence-corrected chi connectivity index (χ3v) is 3.53. The maximum Gasteiger partial charge on any atom is 0.128 e. The molecule has 0 atom stereocenters. The summed E-state index contributed by atoms with van der Waals surface area (Å²) in [6, 6.07) is 0. The third-order valence-electron chi connectivity index (χ3n) is 2.15. The first-order valence-electron chi connectivity index (χ1n) is 4.19. The van der Waals surface area contributed by atoms with E-state index >= 15 is 0 Å². The van der Waals surface area contributed by atoms with Gasteiger partial charge in [0.2, 0.25) is 0 Å². The smallest absolute Gasteiger partial charge is 0.128 e. The quantitative estimate of drug-likeness (QED) is 0.732. The first-order chi connectivity index (χ1) is 6.24. The van der Waals surface area contributed by atoms with E-state index in [4.69, 9.17) is 12.2 Å². The molecule has 0 fully saturated rings. The van der Waals surface area contributed by atoms with Crippen molar-refractivity contribution in [2.24, 2.45) is 0 Å². The Bertz CT molecular complexity index is 496. The summed E-state index contributed by atoms with van der Waals surface area (Å²) in [7, 11) is 0. The van der Waals surface area contributed by atoms with E-state index in [2.05, 4.69) is 23.8 Å². The fraction of sp³-hybridized carbons (Fsp3) is 0.333. The molecule has 0 aromatic carbocycles. The Balaban J connectivity index is 2.97. The normalized spacial score (nSPS) is 10.9. The number of H-pyrrole nitrogens is 1. The van der Waals surface area contributed by atoms with Crippen LogP contribution in [0, 0.1) is 11.6 Å². The summed E-state index contributed by atoms with van der Waals surface area (Å²) >= 11 is 6.95. The average molecular weight is 210 g/mol. The number of aryl methyl sites for hydroxylation is 2. The van der Waals surface area contributed by atoms with Crippen LogP contribution in [-0.4, -0.2) is 9.97 Å². The molecule has 0 amide bonds. The molecule has 0 aliphatic carbocycles. The zero-order valence-corrected chi connectivity index (χ0v) is 9.18.